The highest BCUT2D eigenvalue weighted by Gasteiger charge is 2.32. The first-order valence-electron chi connectivity index (χ1n) is 5.57. The zero-order valence-electron chi connectivity index (χ0n) is 9.98. The van der Waals surface area contributed by atoms with Crippen LogP contribution in [-0.4, -0.2) is 5.78 Å². The molecule has 80 valence electrons. The molecule has 1 aliphatic carbocycles. The van der Waals surface area contributed by atoms with E-state index in [2.05, 4.69) is 33.8 Å². The number of aryl methyl sites for hydroxylation is 2. The summed E-state index contributed by atoms with van der Waals surface area (Å²) in [7, 11) is 0. The molecule has 1 heteroatoms. The molecule has 15 heavy (non-hydrogen) atoms. The first-order chi connectivity index (χ1) is 6.92. The van der Waals surface area contributed by atoms with Gasteiger partial charge in [-0.05, 0) is 42.9 Å². The van der Waals surface area contributed by atoms with E-state index >= 15 is 0 Å². The summed E-state index contributed by atoms with van der Waals surface area (Å²) >= 11 is 0. The normalized spacial score (nSPS) is 18.8. The molecule has 0 atom stereocenters. The Morgan fingerprint density at radius 2 is 1.87 bits per heavy atom. The Labute approximate surface area is 91.5 Å². The molecule has 1 aromatic carbocycles. The van der Waals surface area contributed by atoms with Crippen molar-refractivity contribution in [1.82, 2.24) is 0 Å². The second-order valence-corrected chi connectivity index (χ2v) is 5.31. The predicted octanol–water partition coefficient (Wildman–Crippen LogP) is 3.56. The van der Waals surface area contributed by atoms with Crippen molar-refractivity contribution in [2.45, 2.75) is 46.0 Å². The van der Waals surface area contributed by atoms with Crippen molar-refractivity contribution in [2.75, 3.05) is 0 Å². The van der Waals surface area contributed by atoms with E-state index in [-0.39, 0.29) is 5.41 Å². The van der Waals surface area contributed by atoms with Crippen LogP contribution in [0.1, 0.15) is 53.7 Å². The Kier molecular flexibility index (Phi) is 2.22. The molecule has 0 spiro atoms. The van der Waals surface area contributed by atoms with Crippen molar-refractivity contribution in [2.24, 2.45) is 0 Å². The van der Waals surface area contributed by atoms with Crippen LogP contribution in [0.15, 0.2) is 12.1 Å². The first-order valence-corrected chi connectivity index (χ1v) is 5.57. The number of rotatable bonds is 0. The molecule has 0 aliphatic heterocycles. The van der Waals surface area contributed by atoms with Gasteiger partial charge in [0.15, 0.2) is 5.78 Å². The van der Waals surface area contributed by atoms with E-state index in [0.717, 1.165) is 12.0 Å². The fourth-order valence-corrected chi connectivity index (χ4v) is 2.77. The molecule has 2 rings (SSSR count). The van der Waals surface area contributed by atoms with Gasteiger partial charge in [-0.1, -0.05) is 25.5 Å². The van der Waals surface area contributed by atoms with Crippen LogP contribution in [0.4, 0.5) is 0 Å². The van der Waals surface area contributed by atoms with E-state index in [4.69, 9.17) is 0 Å². The van der Waals surface area contributed by atoms with Crippen LogP contribution < -0.4 is 0 Å². The number of benzene rings is 1. The van der Waals surface area contributed by atoms with Gasteiger partial charge in [0, 0.05) is 12.0 Å². The summed E-state index contributed by atoms with van der Waals surface area (Å²) in [5.74, 6) is 0.316. The molecule has 1 aromatic rings. The lowest BCUT2D eigenvalue weighted by molar-refractivity contribution is 0.0956. The maximum Gasteiger partial charge on any atom is 0.163 e. The van der Waals surface area contributed by atoms with Gasteiger partial charge in [-0.3, -0.25) is 4.79 Å². The van der Waals surface area contributed by atoms with Gasteiger partial charge in [0.05, 0.1) is 0 Å². The number of carbonyl (C=O) groups is 1. The summed E-state index contributed by atoms with van der Waals surface area (Å²) in [5, 5.41) is 0. The molecule has 0 N–H and O–H groups in total. The topological polar surface area (TPSA) is 17.1 Å². The zero-order valence-corrected chi connectivity index (χ0v) is 9.98. The minimum Gasteiger partial charge on any atom is -0.294 e. The average Bonchev–Trinajstić information content (AvgIpc) is 2.10. The quantitative estimate of drug-likeness (QED) is 0.628. The maximum absolute atomic E-state index is 11.9. The molecule has 0 amide bonds. The van der Waals surface area contributed by atoms with Crippen LogP contribution in [0.2, 0.25) is 0 Å². The summed E-state index contributed by atoms with van der Waals surface area (Å²) < 4.78 is 0. The molecule has 0 bridgehead atoms. The van der Waals surface area contributed by atoms with Crippen molar-refractivity contribution < 1.29 is 4.79 Å². The van der Waals surface area contributed by atoms with Crippen LogP contribution in [0.3, 0.4) is 0 Å². The van der Waals surface area contributed by atoms with Crippen molar-refractivity contribution >= 4 is 5.78 Å². The van der Waals surface area contributed by atoms with E-state index in [9.17, 15) is 4.79 Å². The molecule has 0 unspecified atom stereocenters. The highest BCUT2D eigenvalue weighted by atomic mass is 16.1. The monoisotopic (exact) mass is 202 g/mol. The summed E-state index contributed by atoms with van der Waals surface area (Å²) in [6.07, 6.45) is 1.67. The van der Waals surface area contributed by atoms with Crippen LogP contribution in [0.5, 0.6) is 0 Å². The Bertz CT molecular complexity index is 427. The van der Waals surface area contributed by atoms with E-state index in [1.165, 1.54) is 16.7 Å². The largest absolute Gasteiger partial charge is 0.294 e. The Balaban J connectivity index is 2.73. The lowest BCUT2D eigenvalue weighted by Crippen LogP contribution is -2.28. The third-order valence-corrected chi connectivity index (χ3v) is 3.43. The number of hydrogen-bond donors (Lipinski definition) is 0. The SMILES string of the molecule is Cc1cc(C)c2c(c1)C(=O)CCC2(C)C. The highest BCUT2D eigenvalue weighted by Crippen LogP contribution is 2.39. The van der Waals surface area contributed by atoms with Gasteiger partial charge < -0.3 is 0 Å². The lowest BCUT2D eigenvalue weighted by Gasteiger charge is -2.33. The van der Waals surface area contributed by atoms with Crippen LogP contribution >= 0.6 is 0 Å². The first kappa shape index (κ1) is 10.4. The van der Waals surface area contributed by atoms with Crippen molar-refractivity contribution in [3.8, 4) is 0 Å². The fourth-order valence-electron chi connectivity index (χ4n) is 2.77. The van der Waals surface area contributed by atoms with E-state index < -0.39 is 0 Å². The van der Waals surface area contributed by atoms with Gasteiger partial charge in [-0.15, -0.1) is 0 Å². The molecule has 0 aromatic heterocycles. The second-order valence-electron chi connectivity index (χ2n) is 5.31. The van der Waals surface area contributed by atoms with E-state index in [1.807, 2.05) is 6.07 Å². The highest BCUT2D eigenvalue weighted by molar-refractivity contribution is 5.99. The second kappa shape index (κ2) is 3.19. The van der Waals surface area contributed by atoms with Gasteiger partial charge in [0.25, 0.3) is 0 Å². The van der Waals surface area contributed by atoms with Gasteiger partial charge in [0.2, 0.25) is 0 Å². The summed E-state index contributed by atoms with van der Waals surface area (Å²) in [6.45, 7) is 8.65. The number of Topliss-reactive ketones (excluding diaryl/α,β-unsaturated/α-hetero) is 1. The molecular formula is C14H18O. The zero-order chi connectivity index (χ0) is 11.2. The van der Waals surface area contributed by atoms with Crippen molar-refractivity contribution in [3.05, 3.63) is 34.4 Å². The Morgan fingerprint density at radius 3 is 2.53 bits per heavy atom. The molecule has 0 radical (unpaired) electrons. The van der Waals surface area contributed by atoms with E-state index in [0.29, 0.717) is 12.2 Å². The molecule has 1 aliphatic rings. The van der Waals surface area contributed by atoms with Crippen molar-refractivity contribution in [3.63, 3.8) is 0 Å². The smallest absolute Gasteiger partial charge is 0.163 e. The maximum atomic E-state index is 11.9. The van der Waals surface area contributed by atoms with Crippen LogP contribution in [0, 0.1) is 13.8 Å². The van der Waals surface area contributed by atoms with Gasteiger partial charge >= 0.3 is 0 Å². The minimum atomic E-state index is 0.154. The van der Waals surface area contributed by atoms with Gasteiger partial charge in [-0.25, -0.2) is 0 Å². The average molecular weight is 202 g/mol. The molecule has 0 fully saturated rings. The van der Waals surface area contributed by atoms with Gasteiger partial charge in [-0.2, -0.15) is 0 Å². The minimum absolute atomic E-state index is 0.154. The predicted molar refractivity (Wildman–Crippen MR) is 62.5 cm³/mol. The Morgan fingerprint density at radius 1 is 1.20 bits per heavy atom. The van der Waals surface area contributed by atoms with E-state index in [1.54, 1.807) is 0 Å². The summed E-state index contributed by atoms with van der Waals surface area (Å²) in [6, 6.07) is 4.23. The fraction of sp³-hybridized carbons (Fsp3) is 0.500. The third kappa shape index (κ3) is 1.60. The van der Waals surface area contributed by atoms with Gasteiger partial charge in [0.1, 0.15) is 0 Å². The van der Waals surface area contributed by atoms with Crippen LogP contribution in [0.25, 0.3) is 0 Å². The lowest BCUT2D eigenvalue weighted by atomic mass is 9.70. The Hall–Kier alpha value is -1.11. The number of fused-ring (bicyclic) bond motifs is 1. The molecule has 0 saturated carbocycles. The molecule has 0 saturated heterocycles. The molecule has 0 heterocycles. The number of ketones is 1. The molecule has 1 nitrogen and oxygen atoms in total. The standard InChI is InChI=1S/C14H18O/c1-9-7-10(2)13-11(8-9)12(15)5-6-14(13,3)4/h7-8H,5-6H2,1-4H3. The number of carbonyl (C=O) groups excluding carboxylic acids is 1. The summed E-state index contributed by atoms with van der Waals surface area (Å²) in [5.41, 5.74) is 4.84. The molecular weight excluding hydrogens is 184 g/mol. The summed E-state index contributed by atoms with van der Waals surface area (Å²) in [4.78, 5) is 11.9. The van der Waals surface area contributed by atoms with Crippen molar-refractivity contribution in [1.29, 1.82) is 0 Å². The van der Waals surface area contributed by atoms with Crippen LogP contribution in [-0.2, 0) is 5.41 Å². The third-order valence-electron chi connectivity index (χ3n) is 3.43. The number of hydrogen-bond acceptors (Lipinski definition) is 1.